The van der Waals surface area contributed by atoms with E-state index < -0.39 is 17.7 Å². The normalized spacial score (nSPS) is 13.1. The van der Waals surface area contributed by atoms with E-state index in [-0.39, 0.29) is 25.5 Å². The Balaban J connectivity index is 1.84. The lowest BCUT2D eigenvalue weighted by molar-refractivity contribution is -0.144. The van der Waals surface area contributed by atoms with Gasteiger partial charge in [0.15, 0.2) is 5.82 Å². The zero-order valence-corrected chi connectivity index (χ0v) is 13.3. The zero-order valence-electron chi connectivity index (χ0n) is 13.3. The predicted octanol–water partition coefficient (Wildman–Crippen LogP) is 0.605. The van der Waals surface area contributed by atoms with Crippen molar-refractivity contribution in [2.24, 2.45) is 0 Å². The number of methoxy groups -OCH3 is 1. The molecule has 1 aliphatic rings. The molecule has 0 spiro atoms. The van der Waals surface area contributed by atoms with E-state index >= 15 is 0 Å². The topological polar surface area (TPSA) is 95.7 Å². The smallest absolute Gasteiger partial charge is 0.354 e. The predicted molar refractivity (Wildman–Crippen MR) is 83.1 cm³/mol. The van der Waals surface area contributed by atoms with Gasteiger partial charge < -0.3 is 9.47 Å². The molecule has 0 bridgehead atoms. The van der Waals surface area contributed by atoms with E-state index in [2.05, 4.69) is 5.10 Å². The minimum atomic E-state index is -0.654. The summed E-state index contributed by atoms with van der Waals surface area (Å²) < 4.78 is 11.8. The van der Waals surface area contributed by atoms with Gasteiger partial charge in [-0.15, -0.1) is 0 Å². The van der Waals surface area contributed by atoms with Gasteiger partial charge in [0, 0.05) is 5.69 Å². The first-order valence-electron chi connectivity index (χ1n) is 7.35. The van der Waals surface area contributed by atoms with Crippen LogP contribution in [-0.4, -0.2) is 40.1 Å². The average Bonchev–Trinajstić information content (AvgIpc) is 3.05. The number of amides is 1. The summed E-state index contributed by atoms with van der Waals surface area (Å²) in [5.41, 5.74) is -0.0262. The summed E-state index contributed by atoms with van der Waals surface area (Å²) in [7, 11) is 1.55. The number of ether oxygens (including phenoxy) is 2. The second kappa shape index (κ2) is 6.19. The minimum absolute atomic E-state index is 0.149. The molecular weight excluding hydrogens is 316 g/mol. The van der Waals surface area contributed by atoms with Crippen molar-refractivity contribution in [2.75, 3.05) is 18.6 Å². The molecule has 0 fully saturated rings. The van der Waals surface area contributed by atoms with E-state index in [0.717, 1.165) is 9.25 Å². The summed E-state index contributed by atoms with van der Waals surface area (Å²) in [4.78, 5) is 37.7. The maximum Gasteiger partial charge on any atom is 0.354 e. The van der Waals surface area contributed by atoms with Crippen LogP contribution in [0.4, 0.5) is 10.5 Å². The maximum absolute atomic E-state index is 12.5. The molecule has 1 aromatic carbocycles. The van der Waals surface area contributed by atoms with Crippen molar-refractivity contribution in [1.29, 1.82) is 0 Å². The summed E-state index contributed by atoms with van der Waals surface area (Å²) in [6.07, 6.45) is 0. The first kappa shape index (κ1) is 15.8. The highest BCUT2D eigenvalue weighted by atomic mass is 16.5. The second-order valence-electron chi connectivity index (χ2n) is 5.06. The number of nitrogens with zero attached hydrogens (tertiary/aromatic N) is 4. The Kier molecular flexibility index (Phi) is 4.07. The van der Waals surface area contributed by atoms with Crippen molar-refractivity contribution in [2.45, 2.75) is 20.0 Å². The molecule has 2 aromatic rings. The number of hydrogen-bond acceptors (Lipinski definition) is 6. The molecule has 1 aromatic heterocycles. The van der Waals surface area contributed by atoms with Crippen molar-refractivity contribution >= 4 is 17.7 Å². The number of hydrogen-bond donors (Lipinski definition) is 0. The maximum atomic E-state index is 12.5. The molecule has 2 heterocycles. The fraction of sp³-hybridized carbons (Fsp3) is 0.333. The zero-order chi connectivity index (χ0) is 17.3. The standard InChI is InChI=1S/C15H16N4O5/c1-3-24-13(20)9-18-15(22)19-12(16-18)8-17(14(19)21)10-4-6-11(23-2)7-5-10/h4-7H,3,8-9H2,1-2H3. The number of rotatable bonds is 5. The second-order valence-corrected chi connectivity index (χ2v) is 5.06. The fourth-order valence-corrected chi connectivity index (χ4v) is 2.47. The highest BCUT2D eigenvalue weighted by Gasteiger charge is 2.33. The third-order valence-corrected chi connectivity index (χ3v) is 3.60. The average molecular weight is 332 g/mol. The molecule has 9 nitrogen and oxygen atoms in total. The van der Waals surface area contributed by atoms with Crippen LogP contribution >= 0.6 is 0 Å². The van der Waals surface area contributed by atoms with Crippen molar-refractivity contribution in [1.82, 2.24) is 14.3 Å². The summed E-state index contributed by atoms with van der Waals surface area (Å²) in [5, 5.41) is 4.05. The van der Waals surface area contributed by atoms with E-state index in [0.29, 0.717) is 11.4 Å². The van der Waals surface area contributed by atoms with Gasteiger partial charge in [-0.3, -0.25) is 9.69 Å². The summed E-state index contributed by atoms with van der Waals surface area (Å²) in [6, 6.07) is 6.39. The van der Waals surface area contributed by atoms with Gasteiger partial charge in [-0.25, -0.2) is 14.3 Å². The van der Waals surface area contributed by atoms with E-state index in [1.807, 2.05) is 0 Å². The summed E-state index contributed by atoms with van der Waals surface area (Å²) in [5.74, 6) is 0.376. The van der Waals surface area contributed by atoms with Gasteiger partial charge in [-0.1, -0.05) is 0 Å². The van der Waals surface area contributed by atoms with E-state index in [1.165, 1.54) is 4.90 Å². The molecule has 126 valence electrons. The largest absolute Gasteiger partial charge is 0.497 e. The SMILES string of the molecule is CCOC(=O)Cn1nc2n(c1=O)C(=O)N(c1ccc(OC)cc1)C2. The van der Waals surface area contributed by atoms with Gasteiger partial charge in [0.2, 0.25) is 0 Å². The Hall–Kier alpha value is -3.10. The Morgan fingerprint density at radius 3 is 2.54 bits per heavy atom. The van der Waals surface area contributed by atoms with E-state index in [1.54, 1.807) is 38.3 Å². The molecule has 1 amide bonds. The summed E-state index contributed by atoms with van der Waals surface area (Å²) >= 11 is 0. The molecule has 0 unspecified atom stereocenters. The van der Waals surface area contributed by atoms with Gasteiger partial charge in [-0.05, 0) is 31.2 Å². The van der Waals surface area contributed by atoms with Crippen molar-refractivity contribution in [3.63, 3.8) is 0 Å². The lowest BCUT2D eigenvalue weighted by Crippen LogP contribution is -2.36. The summed E-state index contributed by atoms with van der Waals surface area (Å²) in [6.45, 7) is 1.72. The van der Waals surface area contributed by atoms with Gasteiger partial charge in [-0.2, -0.15) is 9.67 Å². The van der Waals surface area contributed by atoms with Crippen LogP contribution in [0.1, 0.15) is 12.7 Å². The number of fused-ring (bicyclic) bond motifs is 1. The molecule has 0 saturated carbocycles. The molecule has 0 saturated heterocycles. The quantitative estimate of drug-likeness (QED) is 0.744. The van der Waals surface area contributed by atoms with Crippen molar-refractivity contribution in [3.8, 4) is 5.75 Å². The lowest BCUT2D eigenvalue weighted by atomic mass is 10.3. The van der Waals surface area contributed by atoms with Gasteiger partial charge >= 0.3 is 17.7 Å². The molecule has 0 atom stereocenters. The van der Waals surface area contributed by atoms with Crippen LogP contribution in [0, 0.1) is 0 Å². The Bertz CT molecular complexity index is 837. The number of benzene rings is 1. The molecule has 3 rings (SSSR count). The molecule has 9 heteroatoms. The number of esters is 1. The molecule has 1 aliphatic heterocycles. The van der Waals surface area contributed by atoms with E-state index in [4.69, 9.17) is 9.47 Å². The van der Waals surface area contributed by atoms with Gasteiger partial charge in [0.25, 0.3) is 0 Å². The van der Waals surface area contributed by atoms with Crippen LogP contribution in [0.15, 0.2) is 29.1 Å². The van der Waals surface area contributed by atoms with Crippen molar-refractivity contribution in [3.05, 3.63) is 40.6 Å². The first-order chi connectivity index (χ1) is 11.5. The highest BCUT2D eigenvalue weighted by molar-refractivity contribution is 5.96. The fourth-order valence-electron chi connectivity index (χ4n) is 2.47. The van der Waals surface area contributed by atoms with Crippen LogP contribution < -0.4 is 15.3 Å². The van der Waals surface area contributed by atoms with Crippen LogP contribution in [0.2, 0.25) is 0 Å². The Labute approximate surface area is 137 Å². The number of aromatic nitrogens is 3. The Morgan fingerprint density at radius 1 is 1.25 bits per heavy atom. The molecular formula is C15H16N4O5. The third kappa shape index (κ3) is 2.64. The number of carbonyl (C=O) groups is 2. The van der Waals surface area contributed by atoms with Gasteiger partial charge in [0.1, 0.15) is 12.3 Å². The highest BCUT2D eigenvalue weighted by Crippen LogP contribution is 2.24. The number of anilines is 1. The Morgan fingerprint density at radius 2 is 1.96 bits per heavy atom. The molecule has 0 aliphatic carbocycles. The van der Waals surface area contributed by atoms with Crippen LogP contribution in [0.25, 0.3) is 0 Å². The molecule has 0 N–H and O–H groups in total. The van der Waals surface area contributed by atoms with E-state index in [9.17, 15) is 14.4 Å². The monoisotopic (exact) mass is 332 g/mol. The molecule has 0 radical (unpaired) electrons. The third-order valence-electron chi connectivity index (χ3n) is 3.60. The van der Waals surface area contributed by atoms with Gasteiger partial charge in [0.05, 0.1) is 20.3 Å². The first-order valence-corrected chi connectivity index (χ1v) is 7.35. The van der Waals surface area contributed by atoms with Crippen molar-refractivity contribution < 1.29 is 19.1 Å². The van der Waals surface area contributed by atoms with Crippen LogP contribution in [0.3, 0.4) is 0 Å². The lowest BCUT2D eigenvalue weighted by Gasteiger charge is -2.15. The van der Waals surface area contributed by atoms with Crippen LogP contribution in [-0.2, 0) is 22.6 Å². The number of carbonyl (C=O) groups excluding carboxylic acids is 2. The van der Waals surface area contributed by atoms with Crippen LogP contribution in [0.5, 0.6) is 5.75 Å². The minimum Gasteiger partial charge on any atom is -0.497 e. The molecule has 24 heavy (non-hydrogen) atoms.